The molecule has 1 fully saturated rings. The van der Waals surface area contributed by atoms with Crippen molar-refractivity contribution in [2.24, 2.45) is 11.8 Å². The molecule has 0 saturated heterocycles. The van der Waals surface area contributed by atoms with Crippen LogP contribution in [0.5, 0.6) is 5.75 Å². The first-order valence-electron chi connectivity index (χ1n) is 8.15. The summed E-state index contributed by atoms with van der Waals surface area (Å²) in [4.78, 5) is 35.1. The number of hydrogen-bond acceptors (Lipinski definition) is 5. The van der Waals surface area contributed by atoms with Crippen LogP contribution in [0.2, 0.25) is 0 Å². The zero-order chi connectivity index (χ0) is 17.5. The Labute approximate surface area is 141 Å². The zero-order valence-electron chi connectivity index (χ0n) is 14.0. The van der Waals surface area contributed by atoms with Crippen LogP contribution in [0.3, 0.4) is 0 Å². The van der Waals surface area contributed by atoms with E-state index in [0.717, 1.165) is 25.7 Å². The predicted molar refractivity (Wildman–Crippen MR) is 87.5 cm³/mol. The highest BCUT2D eigenvalue weighted by Crippen LogP contribution is 2.30. The van der Waals surface area contributed by atoms with Crippen LogP contribution in [0.4, 0.5) is 0 Å². The summed E-state index contributed by atoms with van der Waals surface area (Å²) in [6, 6.07) is 6.45. The van der Waals surface area contributed by atoms with Gasteiger partial charge in [-0.1, -0.05) is 18.9 Å². The Bertz CT molecular complexity index is 613. The first-order valence-corrected chi connectivity index (χ1v) is 8.15. The Morgan fingerprint density at radius 2 is 1.96 bits per heavy atom. The topological polar surface area (TPSA) is 81.7 Å². The third-order valence-electron chi connectivity index (χ3n) is 4.30. The maximum atomic E-state index is 12.3. The monoisotopic (exact) mass is 333 g/mol. The van der Waals surface area contributed by atoms with Gasteiger partial charge in [-0.05, 0) is 37.0 Å². The Morgan fingerprint density at radius 1 is 1.21 bits per heavy atom. The Hall–Kier alpha value is -2.37. The van der Waals surface area contributed by atoms with Gasteiger partial charge in [0.1, 0.15) is 5.75 Å². The lowest BCUT2D eigenvalue weighted by Gasteiger charge is -2.29. The van der Waals surface area contributed by atoms with Crippen LogP contribution < -0.4 is 10.1 Å². The fraction of sp³-hybridized carbons (Fsp3) is 0.500. The molecule has 24 heavy (non-hydrogen) atoms. The second-order valence-electron chi connectivity index (χ2n) is 6.01. The van der Waals surface area contributed by atoms with Gasteiger partial charge in [0.15, 0.2) is 0 Å². The summed E-state index contributed by atoms with van der Waals surface area (Å²) in [5.41, 5.74) is 0.416. The molecule has 130 valence electrons. The van der Waals surface area contributed by atoms with E-state index in [2.05, 4.69) is 5.32 Å². The van der Waals surface area contributed by atoms with E-state index >= 15 is 0 Å². The molecule has 0 radical (unpaired) electrons. The Balaban J connectivity index is 1.96. The molecule has 0 aromatic heterocycles. The van der Waals surface area contributed by atoms with Gasteiger partial charge < -0.3 is 14.8 Å². The minimum atomic E-state index is -0.435. The van der Waals surface area contributed by atoms with Crippen LogP contribution >= 0.6 is 0 Å². The van der Waals surface area contributed by atoms with Gasteiger partial charge in [0, 0.05) is 19.0 Å². The molecule has 2 unspecified atom stereocenters. The van der Waals surface area contributed by atoms with E-state index < -0.39 is 5.97 Å². The lowest BCUT2D eigenvalue weighted by molar-refractivity contribution is -0.148. The molecule has 6 nitrogen and oxygen atoms in total. The van der Waals surface area contributed by atoms with E-state index in [9.17, 15) is 14.4 Å². The number of nitrogens with one attached hydrogen (secondary N) is 1. The summed E-state index contributed by atoms with van der Waals surface area (Å²) in [5.74, 6) is -0.622. The van der Waals surface area contributed by atoms with Crippen LogP contribution in [-0.4, -0.2) is 31.5 Å². The van der Waals surface area contributed by atoms with E-state index in [1.807, 2.05) is 0 Å². The lowest BCUT2D eigenvalue weighted by atomic mass is 9.79. The van der Waals surface area contributed by atoms with Gasteiger partial charge in [-0.25, -0.2) is 0 Å². The van der Waals surface area contributed by atoms with E-state index in [-0.39, 0.29) is 23.7 Å². The van der Waals surface area contributed by atoms with Gasteiger partial charge in [0.2, 0.25) is 0 Å². The van der Waals surface area contributed by atoms with Crippen molar-refractivity contribution in [2.75, 3.05) is 13.7 Å². The molecule has 1 aliphatic carbocycles. The van der Waals surface area contributed by atoms with Gasteiger partial charge >= 0.3 is 11.9 Å². The van der Waals surface area contributed by atoms with Crippen molar-refractivity contribution in [3.05, 3.63) is 29.8 Å². The predicted octanol–water partition coefficient (Wildman–Crippen LogP) is 2.32. The fourth-order valence-electron chi connectivity index (χ4n) is 3.11. The van der Waals surface area contributed by atoms with Gasteiger partial charge in [0.05, 0.1) is 13.0 Å². The Morgan fingerprint density at radius 3 is 2.67 bits per heavy atom. The summed E-state index contributed by atoms with van der Waals surface area (Å²) >= 11 is 0. The molecule has 1 aromatic carbocycles. The molecule has 1 N–H and O–H groups in total. The van der Waals surface area contributed by atoms with Crippen molar-refractivity contribution < 1.29 is 23.9 Å². The minimum Gasteiger partial charge on any atom is -0.469 e. The number of ether oxygens (including phenoxy) is 2. The summed E-state index contributed by atoms with van der Waals surface area (Å²) in [6.07, 6.45) is 3.76. The number of esters is 2. The number of hydrogen-bond donors (Lipinski definition) is 1. The van der Waals surface area contributed by atoms with Crippen molar-refractivity contribution >= 4 is 17.8 Å². The third-order valence-corrected chi connectivity index (χ3v) is 4.30. The summed E-state index contributed by atoms with van der Waals surface area (Å²) < 4.78 is 9.85. The average Bonchev–Trinajstić information content (AvgIpc) is 2.59. The molecular weight excluding hydrogens is 310 g/mol. The third kappa shape index (κ3) is 4.81. The highest BCUT2D eigenvalue weighted by Gasteiger charge is 2.31. The summed E-state index contributed by atoms with van der Waals surface area (Å²) in [7, 11) is 1.40. The van der Waals surface area contributed by atoms with Crippen molar-refractivity contribution in [1.29, 1.82) is 0 Å². The van der Waals surface area contributed by atoms with E-state index in [1.54, 1.807) is 18.2 Å². The van der Waals surface area contributed by atoms with Crippen molar-refractivity contribution in [3.63, 3.8) is 0 Å². The Kier molecular flexibility index (Phi) is 6.35. The zero-order valence-corrected chi connectivity index (χ0v) is 14.0. The van der Waals surface area contributed by atoms with Gasteiger partial charge in [-0.2, -0.15) is 0 Å². The van der Waals surface area contributed by atoms with E-state index in [1.165, 1.54) is 20.1 Å². The minimum absolute atomic E-state index is 0.0896. The van der Waals surface area contributed by atoms with Crippen LogP contribution in [-0.2, 0) is 14.3 Å². The van der Waals surface area contributed by atoms with Crippen molar-refractivity contribution in [2.45, 2.75) is 32.6 Å². The van der Waals surface area contributed by atoms with E-state index in [4.69, 9.17) is 9.47 Å². The number of carbonyl (C=O) groups is 3. The summed E-state index contributed by atoms with van der Waals surface area (Å²) in [5, 5.41) is 2.87. The molecule has 1 aliphatic rings. The number of rotatable bonds is 5. The van der Waals surface area contributed by atoms with Gasteiger partial charge in [-0.3, -0.25) is 14.4 Å². The number of amides is 1. The van der Waals surface area contributed by atoms with Crippen LogP contribution in [0.1, 0.15) is 43.0 Å². The molecular formula is C18H23NO5. The maximum Gasteiger partial charge on any atom is 0.309 e. The molecule has 2 rings (SSSR count). The molecule has 1 aromatic rings. The molecule has 0 aliphatic heterocycles. The van der Waals surface area contributed by atoms with Crippen LogP contribution in [0.25, 0.3) is 0 Å². The molecule has 2 atom stereocenters. The largest absolute Gasteiger partial charge is 0.469 e. The molecule has 0 bridgehead atoms. The highest BCUT2D eigenvalue weighted by molar-refractivity contribution is 5.94. The number of benzene rings is 1. The van der Waals surface area contributed by atoms with Crippen molar-refractivity contribution in [3.8, 4) is 5.75 Å². The standard InChI is InChI=1S/C18H23NO5/c1-12(20)24-15-8-5-7-13(10-15)17(21)19-11-14-6-3-4-9-16(14)18(22)23-2/h5,7-8,10,14,16H,3-4,6,9,11H2,1-2H3,(H,19,21). The number of methoxy groups -OCH3 is 1. The number of carbonyl (C=O) groups excluding carboxylic acids is 3. The van der Waals surface area contributed by atoms with Crippen molar-refractivity contribution in [1.82, 2.24) is 5.32 Å². The SMILES string of the molecule is COC(=O)C1CCCCC1CNC(=O)c1cccc(OC(C)=O)c1. The van der Waals surface area contributed by atoms with Gasteiger partial charge in [-0.15, -0.1) is 0 Å². The first-order chi connectivity index (χ1) is 11.5. The maximum absolute atomic E-state index is 12.3. The fourth-order valence-corrected chi connectivity index (χ4v) is 3.11. The molecule has 1 amide bonds. The second-order valence-corrected chi connectivity index (χ2v) is 6.01. The smallest absolute Gasteiger partial charge is 0.309 e. The van der Waals surface area contributed by atoms with Crippen LogP contribution in [0.15, 0.2) is 24.3 Å². The normalized spacial score (nSPS) is 20.1. The molecule has 1 saturated carbocycles. The summed E-state index contributed by atoms with van der Waals surface area (Å²) in [6.45, 7) is 1.74. The quantitative estimate of drug-likeness (QED) is 0.660. The highest BCUT2D eigenvalue weighted by atomic mass is 16.5. The first kappa shape index (κ1) is 18.0. The molecule has 0 spiro atoms. The molecule has 6 heteroatoms. The van der Waals surface area contributed by atoms with Gasteiger partial charge in [0.25, 0.3) is 5.91 Å². The van der Waals surface area contributed by atoms with E-state index in [0.29, 0.717) is 17.9 Å². The van der Waals surface area contributed by atoms with Crippen LogP contribution in [0, 0.1) is 11.8 Å². The average molecular weight is 333 g/mol. The lowest BCUT2D eigenvalue weighted by Crippen LogP contribution is -2.37. The second kappa shape index (κ2) is 8.47. The molecule has 0 heterocycles.